The van der Waals surface area contributed by atoms with Gasteiger partial charge in [-0.2, -0.15) is 0 Å². The molecule has 102 valence electrons. The third-order valence-electron chi connectivity index (χ3n) is 3.60. The van der Waals surface area contributed by atoms with Gasteiger partial charge in [0, 0.05) is 5.75 Å². The Hall–Kier alpha value is -0.670. The second kappa shape index (κ2) is 6.48. The first-order chi connectivity index (χ1) is 8.33. The predicted octanol–water partition coefficient (Wildman–Crippen LogP) is 3.89. The molecule has 0 radical (unpaired) electrons. The molecule has 0 N–H and O–H groups in total. The monoisotopic (exact) mass is 267 g/mol. The van der Waals surface area contributed by atoms with Crippen molar-refractivity contribution in [1.29, 1.82) is 0 Å². The van der Waals surface area contributed by atoms with E-state index >= 15 is 0 Å². The van der Waals surface area contributed by atoms with E-state index in [9.17, 15) is 8.76 Å². The van der Waals surface area contributed by atoms with E-state index < -0.39 is 11.1 Å². The van der Waals surface area contributed by atoms with Crippen molar-refractivity contribution in [3.8, 4) is 0 Å². The van der Waals surface area contributed by atoms with Gasteiger partial charge in [-0.3, -0.25) is 4.21 Å². The molecular weight excluding hydrogens is 244 g/mol. The third kappa shape index (κ3) is 4.54. The Labute approximate surface area is 113 Å². The molecule has 2 nitrogen and oxygen atoms in total. The summed E-state index contributed by atoms with van der Waals surface area (Å²) < 4.78 is 21.0. The highest BCUT2D eigenvalue weighted by Crippen LogP contribution is 2.40. The summed E-state index contributed by atoms with van der Waals surface area (Å²) in [6.07, 6.45) is 9.59. The lowest BCUT2D eigenvalue weighted by Gasteiger charge is -2.32. The summed E-state index contributed by atoms with van der Waals surface area (Å²) in [5.41, 5.74) is 4.11. The van der Waals surface area contributed by atoms with Crippen molar-refractivity contribution in [2.75, 3.05) is 5.75 Å². The topological polar surface area (TPSA) is 40.1 Å². The van der Waals surface area contributed by atoms with E-state index in [0.717, 1.165) is 5.57 Å². The molecule has 1 aliphatic carbocycles. The minimum atomic E-state index is -1.99. The summed E-state index contributed by atoms with van der Waals surface area (Å²) >= 11 is -1.99. The SMILES string of the molecule is CC1=C(/C=C/C(C)=C/CS(=O)[O-])C(C)(C)CCC1. The Morgan fingerprint density at radius 3 is 2.72 bits per heavy atom. The van der Waals surface area contributed by atoms with Gasteiger partial charge < -0.3 is 4.55 Å². The zero-order valence-electron chi connectivity index (χ0n) is 11.8. The number of hydrogen-bond donors (Lipinski definition) is 0. The number of allylic oxidation sites excluding steroid dienone is 5. The predicted molar refractivity (Wildman–Crippen MR) is 77.0 cm³/mol. The molecule has 0 aromatic carbocycles. The Balaban J connectivity index is 2.82. The van der Waals surface area contributed by atoms with Gasteiger partial charge in [0.2, 0.25) is 0 Å². The molecule has 3 heteroatoms. The van der Waals surface area contributed by atoms with Crippen molar-refractivity contribution in [3.63, 3.8) is 0 Å². The number of rotatable bonds is 4. The molecule has 1 aliphatic rings. The molecular formula is C15H23O2S-. The van der Waals surface area contributed by atoms with Gasteiger partial charge in [-0.1, -0.05) is 54.3 Å². The van der Waals surface area contributed by atoms with Crippen LogP contribution in [0.3, 0.4) is 0 Å². The van der Waals surface area contributed by atoms with Crippen molar-refractivity contribution >= 4 is 11.1 Å². The molecule has 0 heterocycles. The van der Waals surface area contributed by atoms with Crippen LogP contribution in [0, 0.1) is 5.41 Å². The lowest BCUT2D eigenvalue weighted by Crippen LogP contribution is -2.19. The van der Waals surface area contributed by atoms with Gasteiger partial charge in [0.1, 0.15) is 0 Å². The van der Waals surface area contributed by atoms with Crippen LogP contribution in [-0.4, -0.2) is 14.5 Å². The Bertz CT molecular complexity index is 414. The van der Waals surface area contributed by atoms with Crippen LogP contribution in [0.2, 0.25) is 0 Å². The van der Waals surface area contributed by atoms with E-state index in [1.807, 2.05) is 13.0 Å². The van der Waals surface area contributed by atoms with Gasteiger partial charge in [-0.05, 0) is 44.1 Å². The first-order valence-corrected chi connectivity index (χ1v) is 7.68. The standard InChI is InChI=1S/C15H24O2S/c1-12(9-11-18(16)17)7-8-14-13(2)6-5-10-15(14,3)4/h7-9H,5-6,10-11H2,1-4H3,(H,16,17)/p-1/b8-7+,12-9+. The highest BCUT2D eigenvalue weighted by atomic mass is 32.2. The molecule has 0 aromatic heterocycles. The summed E-state index contributed by atoms with van der Waals surface area (Å²) in [6.45, 7) is 8.70. The van der Waals surface area contributed by atoms with Crippen molar-refractivity contribution in [2.45, 2.75) is 47.0 Å². The molecule has 0 aliphatic heterocycles. The average Bonchev–Trinajstić information content (AvgIpc) is 2.24. The molecule has 0 bridgehead atoms. The van der Waals surface area contributed by atoms with Gasteiger partial charge in [0.05, 0.1) is 0 Å². The fraction of sp³-hybridized carbons (Fsp3) is 0.600. The van der Waals surface area contributed by atoms with Gasteiger partial charge in [0.15, 0.2) is 0 Å². The Morgan fingerprint density at radius 1 is 1.50 bits per heavy atom. The first-order valence-electron chi connectivity index (χ1n) is 6.44. The van der Waals surface area contributed by atoms with E-state index in [0.29, 0.717) is 0 Å². The fourth-order valence-corrected chi connectivity index (χ4v) is 2.89. The molecule has 0 fully saturated rings. The van der Waals surface area contributed by atoms with E-state index in [1.54, 1.807) is 6.08 Å². The second-order valence-electron chi connectivity index (χ2n) is 5.68. The molecule has 0 spiro atoms. The summed E-state index contributed by atoms with van der Waals surface area (Å²) in [6, 6.07) is 0. The van der Waals surface area contributed by atoms with Gasteiger partial charge in [-0.25, -0.2) is 0 Å². The van der Waals surface area contributed by atoms with Crippen LogP contribution < -0.4 is 0 Å². The van der Waals surface area contributed by atoms with Gasteiger partial charge in [0.25, 0.3) is 0 Å². The third-order valence-corrected chi connectivity index (χ3v) is 4.04. The molecule has 0 aromatic rings. The molecule has 0 saturated carbocycles. The lowest BCUT2D eigenvalue weighted by molar-refractivity contribution is 0.377. The highest BCUT2D eigenvalue weighted by Gasteiger charge is 2.26. The quantitative estimate of drug-likeness (QED) is 0.572. The maximum Gasteiger partial charge on any atom is 0.0288 e. The van der Waals surface area contributed by atoms with Crippen LogP contribution in [0.4, 0.5) is 0 Å². The molecule has 0 saturated heterocycles. The van der Waals surface area contributed by atoms with E-state index in [-0.39, 0.29) is 11.2 Å². The Morgan fingerprint density at radius 2 is 2.17 bits per heavy atom. The summed E-state index contributed by atoms with van der Waals surface area (Å²) in [7, 11) is 0. The van der Waals surface area contributed by atoms with Crippen LogP contribution in [0.15, 0.2) is 34.9 Å². The maximum atomic E-state index is 10.5. The normalized spacial score (nSPS) is 22.6. The van der Waals surface area contributed by atoms with Crippen molar-refractivity contribution < 1.29 is 8.76 Å². The fourth-order valence-electron chi connectivity index (χ4n) is 2.49. The summed E-state index contributed by atoms with van der Waals surface area (Å²) in [4.78, 5) is 0. The van der Waals surface area contributed by atoms with E-state index in [4.69, 9.17) is 0 Å². The van der Waals surface area contributed by atoms with Crippen LogP contribution in [0.5, 0.6) is 0 Å². The summed E-state index contributed by atoms with van der Waals surface area (Å²) in [5, 5.41) is 0. The molecule has 18 heavy (non-hydrogen) atoms. The van der Waals surface area contributed by atoms with Crippen molar-refractivity contribution in [3.05, 3.63) is 34.9 Å². The van der Waals surface area contributed by atoms with E-state index in [1.165, 1.54) is 30.4 Å². The zero-order valence-corrected chi connectivity index (χ0v) is 12.6. The number of hydrogen-bond acceptors (Lipinski definition) is 2. The van der Waals surface area contributed by atoms with Crippen molar-refractivity contribution in [2.24, 2.45) is 5.41 Å². The highest BCUT2D eigenvalue weighted by molar-refractivity contribution is 7.79. The largest absolute Gasteiger partial charge is 0.772 e. The zero-order chi connectivity index (χ0) is 13.8. The molecule has 1 atom stereocenters. The second-order valence-corrected chi connectivity index (χ2v) is 6.62. The van der Waals surface area contributed by atoms with Crippen LogP contribution in [0.25, 0.3) is 0 Å². The van der Waals surface area contributed by atoms with Crippen molar-refractivity contribution in [1.82, 2.24) is 0 Å². The first kappa shape index (κ1) is 15.4. The minimum absolute atomic E-state index is 0.0948. The summed E-state index contributed by atoms with van der Waals surface area (Å²) in [5.74, 6) is 0.0948. The minimum Gasteiger partial charge on any atom is -0.772 e. The van der Waals surface area contributed by atoms with Crippen LogP contribution in [-0.2, 0) is 11.1 Å². The maximum absolute atomic E-state index is 10.5. The van der Waals surface area contributed by atoms with Crippen LogP contribution >= 0.6 is 0 Å². The lowest BCUT2D eigenvalue weighted by atomic mass is 9.72. The van der Waals surface area contributed by atoms with Gasteiger partial charge in [-0.15, -0.1) is 0 Å². The van der Waals surface area contributed by atoms with E-state index in [2.05, 4.69) is 26.8 Å². The molecule has 1 unspecified atom stereocenters. The van der Waals surface area contributed by atoms with Crippen LogP contribution in [0.1, 0.15) is 47.0 Å². The smallest absolute Gasteiger partial charge is 0.0288 e. The molecule has 1 rings (SSSR count). The Kier molecular flexibility index (Phi) is 5.54. The van der Waals surface area contributed by atoms with Gasteiger partial charge >= 0.3 is 0 Å². The molecule has 0 amide bonds. The average molecular weight is 267 g/mol.